The molecule has 0 aliphatic carbocycles. The van der Waals surface area contributed by atoms with Crippen LogP contribution >= 0.6 is 0 Å². The normalized spacial score (nSPS) is 11.4. The smallest absolute Gasteiger partial charge is 0.289 e. The number of hydrogen-bond acceptors (Lipinski definition) is 5. The van der Waals surface area contributed by atoms with Gasteiger partial charge in [-0.3, -0.25) is 9.78 Å². The van der Waals surface area contributed by atoms with Crippen LogP contribution in [0.2, 0.25) is 0 Å². The van der Waals surface area contributed by atoms with Gasteiger partial charge in [-0.05, 0) is 43.2 Å². The first-order valence-corrected chi connectivity index (χ1v) is 8.27. The molecule has 2 heterocycles. The second-order valence-corrected chi connectivity index (χ2v) is 6.15. The minimum Gasteiger partial charge on any atom is -0.438 e. The van der Waals surface area contributed by atoms with Gasteiger partial charge >= 0.3 is 0 Å². The summed E-state index contributed by atoms with van der Waals surface area (Å²) in [5.74, 6) is -0.410. The zero-order valence-electron chi connectivity index (χ0n) is 12.1. The summed E-state index contributed by atoms with van der Waals surface area (Å²) in [7, 11) is -3.95. The Balaban J connectivity index is 2.07. The van der Waals surface area contributed by atoms with E-state index in [9.17, 15) is 13.2 Å². The number of nitrogens with zero attached hydrogens (tertiary/aromatic N) is 2. The van der Waals surface area contributed by atoms with Gasteiger partial charge in [0.15, 0.2) is 5.76 Å². The second kappa shape index (κ2) is 6.71. The van der Waals surface area contributed by atoms with Crippen LogP contribution in [0.1, 0.15) is 23.0 Å². The Morgan fingerprint density at radius 3 is 2.50 bits per heavy atom. The number of primary sulfonamides is 1. The highest BCUT2D eigenvalue weighted by atomic mass is 32.2. The number of aromatic nitrogens is 1. The molecule has 0 aromatic carbocycles. The molecule has 0 atom stereocenters. The lowest BCUT2D eigenvalue weighted by Gasteiger charge is -2.19. The quantitative estimate of drug-likeness (QED) is 0.854. The van der Waals surface area contributed by atoms with Gasteiger partial charge in [0.25, 0.3) is 15.9 Å². The van der Waals surface area contributed by atoms with Crippen LogP contribution in [0.4, 0.5) is 0 Å². The van der Waals surface area contributed by atoms with Crippen molar-refractivity contribution in [2.75, 3.05) is 13.1 Å². The summed E-state index contributed by atoms with van der Waals surface area (Å²) >= 11 is 0. The Morgan fingerprint density at radius 1 is 1.27 bits per heavy atom. The number of pyridine rings is 1. The van der Waals surface area contributed by atoms with Crippen LogP contribution < -0.4 is 5.14 Å². The summed E-state index contributed by atoms with van der Waals surface area (Å²) in [5, 5.41) is 4.55. The van der Waals surface area contributed by atoms with E-state index >= 15 is 0 Å². The Bertz CT molecular complexity index is 740. The van der Waals surface area contributed by atoms with Crippen molar-refractivity contribution in [1.82, 2.24) is 9.88 Å². The van der Waals surface area contributed by atoms with Gasteiger partial charge in [-0.2, -0.15) is 0 Å². The SMILES string of the molecule is CCN(CCc1ccncc1)C(=O)c1ccc(S(N)(=O)=O)o1. The molecule has 0 aliphatic heterocycles. The number of furan rings is 1. The van der Waals surface area contributed by atoms with Gasteiger partial charge in [0.1, 0.15) is 0 Å². The first-order valence-electron chi connectivity index (χ1n) is 6.72. The molecule has 0 saturated carbocycles. The molecule has 0 aliphatic rings. The molecule has 0 radical (unpaired) electrons. The highest BCUT2D eigenvalue weighted by molar-refractivity contribution is 7.89. The van der Waals surface area contributed by atoms with Crippen LogP contribution in [0.15, 0.2) is 46.2 Å². The molecule has 0 fully saturated rings. The van der Waals surface area contributed by atoms with E-state index in [1.807, 2.05) is 19.1 Å². The molecule has 0 bridgehead atoms. The second-order valence-electron chi connectivity index (χ2n) is 4.65. The van der Waals surface area contributed by atoms with Gasteiger partial charge in [-0.25, -0.2) is 13.6 Å². The average Bonchev–Trinajstić information content (AvgIpc) is 2.98. The molecule has 118 valence electrons. The minimum atomic E-state index is -3.95. The minimum absolute atomic E-state index is 0.0411. The predicted octanol–water partition coefficient (Wildman–Crippen LogP) is 1.03. The zero-order valence-corrected chi connectivity index (χ0v) is 12.9. The summed E-state index contributed by atoms with van der Waals surface area (Å²) in [6.07, 6.45) is 4.06. The molecule has 22 heavy (non-hydrogen) atoms. The zero-order chi connectivity index (χ0) is 16.2. The standard InChI is InChI=1S/C14H17N3O4S/c1-2-17(10-7-11-5-8-16-9-6-11)14(18)12-3-4-13(21-12)22(15,19)20/h3-6,8-9H,2,7,10H2,1H3,(H2,15,19,20). The molecule has 0 spiro atoms. The van der Waals surface area contributed by atoms with E-state index in [-0.39, 0.29) is 11.7 Å². The maximum Gasteiger partial charge on any atom is 0.289 e. The van der Waals surface area contributed by atoms with Crippen molar-refractivity contribution >= 4 is 15.9 Å². The van der Waals surface area contributed by atoms with E-state index in [1.54, 1.807) is 17.3 Å². The monoisotopic (exact) mass is 323 g/mol. The van der Waals surface area contributed by atoms with Crippen molar-refractivity contribution < 1.29 is 17.6 Å². The maximum absolute atomic E-state index is 12.3. The highest BCUT2D eigenvalue weighted by Gasteiger charge is 2.21. The van der Waals surface area contributed by atoms with Gasteiger partial charge in [-0.1, -0.05) is 0 Å². The third kappa shape index (κ3) is 3.92. The van der Waals surface area contributed by atoms with E-state index in [2.05, 4.69) is 4.98 Å². The number of sulfonamides is 1. The van der Waals surface area contributed by atoms with Crippen molar-refractivity contribution in [1.29, 1.82) is 0 Å². The Morgan fingerprint density at radius 2 is 1.95 bits per heavy atom. The molecular weight excluding hydrogens is 306 g/mol. The fourth-order valence-corrected chi connectivity index (χ4v) is 2.42. The number of nitrogens with two attached hydrogens (primary N) is 1. The molecule has 1 amide bonds. The lowest BCUT2D eigenvalue weighted by Crippen LogP contribution is -2.32. The summed E-state index contributed by atoms with van der Waals surface area (Å²) in [6, 6.07) is 6.26. The van der Waals surface area contributed by atoms with Crippen molar-refractivity contribution in [3.05, 3.63) is 48.0 Å². The largest absolute Gasteiger partial charge is 0.438 e. The molecule has 2 N–H and O–H groups in total. The number of likely N-dealkylation sites (N-methyl/N-ethyl adjacent to an activating group) is 1. The fraction of sp³-hybridized carbons (Fsp3) is 0.286. The van der Waals surface area contributed by atoms with E-state index in [0.717, 1.165) is 5.56 Å². The van der Waals surface area contributed by atoms with Crippen LogP contribution in [-0.2, 0) is 16.4 Å². The fourth-order valence-electron chi connectivity index (χ4n) is 1.96. The summed E-state index contributed by atoms with van der Waals surface area (Å²) in [6.45, 7) is 2.81. The van der Waals surface area contributed by atoms with Gasteiger partial charge in [0.2, 0.25) is 5.09 Å². The van der Waals surface area contributed by atoms with Gasteiger partial charge in [0, 0.05) is 25.5 Å². The number of rotatable bonds is 6. The molecule has 2 aromatic heterocycles. The van der Waals surface area contributed by atoms with Crippen LogP contribution in [-0.4, -0.2) is 37.3 Å². The summed E-state index contributed by atoms with van der Waals surface area (Å²) in [4.78, 5) is 17.8. The van der Waals surface area contributed by atoms with Crippen LogP contribution in [0, 0.1) is 0 Å². The molecular formula is C14H17N3O4S. The lowest BCUT2D eigenvalue weighted by atomic mass is 10.2. The molecule has 2 rings (SSSR count). The topological polar surface area (TPSA) is 106 Å². The van der Waals surface area contributed by atoms with Gasteiger partial charge in [0.05, 0.1) is 0 Å². The number of hydrogen-bond donors (Lipinski definition) is 1. The summed E-state index contributed by atoms with van der Waals surface area (Å²) < 4.78 is 27.4. The number of carbonyl (C=O) groups excluding carboxylic acids is 1. The van der Waals surface area contributed by atoms with E-state index in [0.29, 0.717) is 19.5 Å². The van der Waals surface area contributed by atoms with Crippen LogP contribution in [0.25, 0.3) is 0 Å². The number of amides is 1. The molecule has 0 saturated heterocycles. The molecule has 8 heteroatoms. The van der Waals surface area contributed by atoms with E-state index in [4.69, 9.17) is 9.56 Å². The predicted molar refractivity (Wildman–Crippen MR) is 79.6 cm³/mol. The molecule has 7 nitrogen and oxygen atoms in total. The van der Waals surface area contributed by atoms with Gasteiger partial charge < -0.3 is 9.32 Å². The van der Waals surface area contributed by atoms with E-state index < -0.39 is 15.1 Å². The van der Waals surface area contributed by atoms with Crippen molar-refractivity contribution in [2.45, 2.75) is 18.4 Å². The van der Waals surface area contributed by atoms with Crippen LogP contribution in [0.5, 0.6) is 0 Å². The van der Waals surface area contributed by atoms with E-state index in [1.165, 1.54) is 12.1 Å². The van der Waals surface area contributed by atoms with Crippen molar-refractivity contribution in [3.8, 4) is 0 Å². The number of carbonyl (C=O) groups is 1. The van der Waals surface area contributed by atoms with Crippen LogP contribution in [0.3, 0.4) is 0 Å². The highest BCUT2D eigenvalue weighted by Crippen LogP contribution is 2.14. The average molecular weight is 323 g/mol. The Kier molecular flexibility index (Phi) is 4.94. The Labute approximate surface area is 128 Å². The van der Waals surface area contributed by atoms with Gasteiger partial charge in [-0.15, -0.1) is 0 Å². The molecule has 2 aromatic rings. The Hall–Kier alpha value is -2.19. The lowest BCUT2D eigenvalue weighted by molar-refractivity contribution is 0.0728. The third-order valence-electron chi connectivity index (χ3n) is 3.16. The van der Waals surface area contributed by atoms with Crippen molar-refractivity contribution in [3.63, 3.8) is 0 Å². The molecule has 0 unspecified atom stereocenters. The maximum atomic E-state index is 12.3. The summed E-state index contributed by atoms with van der Waals surface area (Å²) in [5.41, 5.74) is 1.06. The third-order valence-corrected chi connectivity index (χ3v) is 3.94. The first-order chi connectivity index (χ1) is 10.4. The van der Waals surface area contributed by atoms with Crippen molar-refractivity contribution in [2.24, 2.45) is 5.14 Å². The first kappa shape index (κ1) is 16.2.